The molecule has 154 valence electrons. The van der Waals surface area contributed by atoms with Gasteiger partial charge in [-0.25, -0.2) is 4.39 Å². The topological polar surface area (TPSA) is 86.9 Å². The third-order valence-corrected chi connectivity index (χ3v) is 5.66. The zero-order valence-corrected chi connectivity index (χ0v) is 17.0. The zero-order chi connectivity index (χ0) is 21.3. The van der Waals surface area contributed by atoms with Crippen molar-refractivity contribution in [2.24, 2.45) is 5.73 Å². The number of primary amides is 1. The Hall–Kier alpha value is -2.48. The summed E-state index contributed by atoms with van der Waals surface area (Å²) in [6.07, 6.45) is 0. The lowest BCUT2D eigenvalue weighted by molar-refractivity contribution is -0.132. The van der Waals surface area contributed by atoms with E-state index in [1.165, 1.54) is 41.3 Å². The molecule has 2 aromatic carbocycles. The van der Waals surface area contributed by atoms with Crippen LogP contribution in [0.5, 0.6) is 0 Å². The fourth-order valence-electron chi connectivity index (χ4n) is 3.72. The van der Waals surface area contributed by atoms with E-state index in [0.717, 1.165) is 13.1 Å². The summed E-state index contributed by atoms with van der Waals surface area (Å²) in [5.41, 5.74) is 3.33. The van der Waals surface area contributed by atoms with Crippen molar-refractivity contribution in [1.82, 2.24) is 4.90 Å². The van der Waals surface area contributed by atoms with Gasteiger partial charge >= 0.3 is 0 Å². The molecule has 1 unspecified atom stereocenters. The van der Waals surface area contributed by atoms with E-state index in [0.29, 0.717) is 6.54 Å². The van der Waals surface area contributed by atoms with Crippen molar-refractivity contribution in [3.63, 3.8) is 0 Å². The van der Waals surface area contributed by atoms with Gasteiger partial charge in [-0.2, -0.15) is 0 Å². The van der Waals surface area contributed by atoms with Crippen LogP contribution in [0, 0.1) is 5.82 Å². The van der Waals surface area contributed by atoms with Crippen LogP contribution in [0.15, 0.2) is 36.4 Å². The number of fused-ring (bicyclic) bond motifs is 1. The monoisotopic (exact) mass is 419 g/mol. The maximum absolute atomic E-state index is 14.6. The van der Waals surface area contributed by atoms with E-state index >= 15 is 0 Å². The Labute approximate surface area is 173 Å². The second kappa shape index (κ2) is 8.10. The second-order valence-corrected chi connectivity index (χ2v) is 7.30. The van der Waals surface area contributed by atoms with Gasteiger partial charge in [-0.1, -0.05) is 43.6 Å². The number of benzene rings is 2. The first-order valence-corrected chi connectivity index (χ1v) is 9.78. The molecule has 0 saturated carbocycles. The molecule has 3 rings (SSSR count). The summed E-state index contributed by atoms with van der Waals surface area (Å²) in [4.78, 5) is 28.5. The normalized spacial score (nSPS) is 18.4. The summed E-state index contributed by atoms with van der Waals surface area (Å²) in [5, 5.41) is 11.5. The summed E-state index contributed by atoms with van der Waals surface area (Å²) in [5.74, 6) is -2.16. The van der Waals surface area contributed by atoms with Crippen molar-refractivity contribution >= 4 is 29.1 Å². The molecule has 0 spiro atoms. The molecule has 3 N–H and O–H groups in total. The van der Waals surface area contributed by atoms with E-state index in [4.69, 9.17) is 17.3 Å². The number of hydrogen-bond acceptors (Lipinski definition) is 4. The van der Waals surface area contributed by atoms with Crippen LogP contribution >= 0.6 is 11.6 Å². The third-order valence-electron chi connectivity index (χ3n) is 5.36. The van der Waals surface area contributed by atoms with Crippen molar-refractivity contribution < 1.29 is 19.1 Å². The minimum Gasteiger partial charge on any atom is -0.372 e. The lowest BCUT2D eigenvalue weighted by Gasteiger charge is -2.26. The van der Waals surface area contributed by atoms with Crippen LogP contribution in [-0.2, 0) is 10.4 Å². The van der Waals surface area contributed by atoms with Crippen molar-refractivity contribution in [2.45, 2.75) is 19.4 Å². The van der Waals surface area contributed by atoms with Crippen molar-refractivity contribution in [3.05, 3.63) is 63.9 Å². The standard InChI is InChI=1S/C21H23ClFN3O3/c1-3-25(4-2)9-10-26-17-12-13(19(24)27)11-15(22)18(17)21(29,20(26)28)14-7-5-6-8-16(14)23/h5-8,11-12,29H,3-4,9-10H2,1-2H3,(H2,24,27). The molecule has 1 aliphatic rings. The van der Waals surface area contributed by atoms with Gasteiger partial charge in [0.2, 0.25) is 11.5 Å². The van der Waals surface area contributed by atoms with Crippen molar-refractivity contribution in [3.8, 4) is 0 Å². The van der Waals surface area contributed by atoms with Crippen LogP contribution < -0.4 is 10.6 Å². The molecule has 0 fully saturated rings. The summed E-state index contributed by atoms with van der Waals surface area (Å²) >= 11 is 6.37. The minimum atomic E-state index is -2.29. The summed E-state index contributed by atoms with van der Waals surface area (Å²) in [7, 11) is 0. The number of hydrogen-bond donors (Lipinski definition) is 2. The molecular weight excluding hydrogens is 397 g/mol. The van der Waals surface area contributed by atoms with Gasteiger partial charge < -0.3 is 20.6 Å². The third kappa shape index (κ3) is 3.50. The van der Waals surface area contributed by atoms with Gasteiger partial charge in [-0.05, 0) is 31.3 Å². The second-order valence-electron chi connectivity index (χ2n) is 6.89. The Morgan fingerprint density at radius 2 is 1.93 bits per heavy atom. The molecule has 2 aromatic rings. The zero-order valence-electron chi connectivity index (χ0n) is 16.3. The average molecular weight is 420 g/mol. The Balaban J connectivity index is 2.19. The van der Waals surface area contributed by atoms with E-state index in [-0.39, 0.29) is 33.9 Å². The Morgan fingerprint density at radius 1 is 1.28 bits per heavy atom. The first-order valence-electron chi connectivity index (χ1n) is 9.41. The Morgan fingerprint density at radius 3 is 2.52 bits per heavy atom. The molecule has 0 aliphatic carbocycles. The number of carbonyl (C=O) groups is 2. The van der Waals surface area contributed by atoms with Crippen LogP contribution in [0.4, 0.5) is 10.1 Å². The summed E-state index contributed by atoms with van der Waals surface area (Å²) < 4.78 is 14.6. The average Bonchev–Trinajstić information content (AvgIpc) is 2.91. The van der Waals surface area contributed by atoms with Crippen LogP contribution in [0.2, 0.25) is 5.02 Å². The SMILES string of the molecule is CCN(CC)CCN1C(=O)C(O)(c2ccccc2F)c2c(Cl)cc(C(N)=O)cc21. The number of amides is 2. The van der Waals surface area contributed by atoms with E-state index in [1.807, 2.05) is 13.8 Å². The molecular formula is C21H23ClFN3O3. The van der Waals surface area contributed by atoms with Crippen molar-refractivity contribution in [2.75, 3.05) is 31.1 Å². The van der Waals surface area contributed by atoms with E-state index in [9.17, 15) is 19.1 Å². The minimum absolute atomic E-state index is 0.0271. The van der Waals surface area contributed by atoms with Gasteiger partial charge in [0.05, 0.1) is 10.7 Å². The molecule has 0 bridgehead atoms. The first-order chi connectivity index (χ1) is 13.7. The highest BCUT2D eigenvalue weighted by Gasteiger charge is 2.53. The number of nitrogens with zero attached hydrogens (tertiary/aromatic N) is 2. The van der Waals surface area contributed by atoms with Gasteiger partial charge in [0, 0.05) is 29.8 Å². The van der Waals surface area contributed by atoms with E-state index < -0.39 is 23.2 Å². The Kier molecular flexibility index (Phi) is 5.93. The number of rotatable bonds is 7. The molecule has 6 nitrogen and oxygen atoms in total. The molecule has 1 aliphatic heterocycles. The molecule has 8 heteroatoms. The van der Waals surface area contributed by atoms with Crippen molar-refractivity contribution in [1.29, 1.82) is 0 Å². The lowest BCUT2D eigenvalue weighted by Crippen LogP contribution is -2.44. The predicted octanol–water partition coefficient (Wildman–Crippen LogP) is 2.50. The number of likely N-dealkylation sites (N-methyl/N-ethyl adjacent to an activating group) is 1. The van der Waals surface area contributed by atoms with Gasteiger partial charge in [0.1, 0.15) is 5.82 Å². The van der Waals surface area contributed by atoms with Gasteiger partial charge in [-0.15, -0.1) is 0 Å². The molecule has 0 saturated heterocycles. The highest BCUT2D eigenvalue weighted by atomic mass is 35.5. The number of nitrogens with two attached hydrogens (primary N) is 1. The fourth-order valence-corrected chi connectivity index (χ4v) is 4.08. The van der Waals surface area contributed by atoms with E-state index in [2.05, 4.69) is 4.90 Å². The molecule has 29 heavy (non-hydrogen) atoms. The lowest BCUT2D eigenvalue weighted by atomic mass is 9.86. The van der Waals surface area contributed by atoms with Crippen LogP contribution in [0.25, 0.3) is 0 Å². The summed E-state index contributed by atoms with van der Waals surface area (Å²) in [6, 6.07) is 8.23. The maximum Gasteiger partial charge on any atom is 0.268 e. The van der Waals surface area contributed by atoms with Crippen LogP contribution in [0.3, 0.4) is 0 Å². The summed E-state index contributed by atoms with van der Waals surface area (Å²) in [6.45, 7) is 6.34. The van der Waals surface area contributed by atoms with Gasteiger partial charge in [0.25, 0.3) is 5.91 Å². The van der Waals surface area contributed by atoms with Crippen LogP contribution in [-0.4, -0.2) is 48.0 Å². The van der Waals surface area contributed by atoms with Gasteiger partial charge in [0.15, 0.2) is 0 Å². The van der Waals surface area contributed by atoms with Crippen LogP contribution in [0.1, 0.15) is 35.3 Å². The maximum atomic E-state index is 14.6. The number of anilines is 1. The number of aliphatic hydroxyl groups is 1. The van der Waals surface area contributed by atoms with E-state index in [1.54, 1.807) is 0 Å². The fraction of sp³-hybridized carbons (Fsp3) is 0.333. The number of halogens is 2. The Bertz CT molecular complexity index is 964. The predicted molar refractivity (Wildman–Crippen MR) is 110 cm³/mol. The molecule has 1 heterocycles. The van der Waals surface area contributed by atoms with Gasteiger partial charge in [-0.3, -0.25) is 9.59 Å². The largest absolute Gasteiger partial charge is 0.372 e. The molecule has 2 amide bonds. The smallest absolute Gasteiger partial charge is 0.268 e. The highest BCUT2D eigenvalue weighted by molar-refractivity contribution is 6.33. The number of carbonyl (C=O) groups excluding carboxylic acids is 2. The molecule has 0 radical (unpaired) electrons. The molecule has 1 atom stereocenters. The first kappa shape index (κ1) is 21.2. The quantitative estimate of drug-likeness (QED) is 0.721. The molecule has 0 aromatic heterocycles. The highest BCUT2D eigenvalue weighted by Crippen LogP contribution is 2.48.